The molecule has 2 rings (SSSR count). The SMILES string of the molecule is CCOc1cncc(C(O)(CC)C2CC2)c1. The van der Waals surface area contributed by atoms with Gasteiger partial charge in [0.25, 0.3) is 0 Å². The van der Waals surface area contributed by atoms with Gasteiger partial charge < -0.3 is 9.84 Å². The predicted molar refractivity (Wildman–Crippen MR) is 62.3 cm³/mol. The highest BCUT2D eigenvalue weighted by Gasteiger charge is 2.43. The highest BCUT2D eigenvalue weighted by molar-refractivity contribution is 5.29. The average Bonchev–Trinajstić information content (AvgIpc) is 3.13. The molecule has 1 N–H and O–H groups in total. The van der Waals surface area contributed by atoms with Crippen molar-refractivity contribution in [1.82, 2.24) is 4.98 Å². The van der Waals surface area contributed by atoms with E-state index >= 15 is 0 Å². The van der Waals surface area contributed by atoms with Gasteiger partial charge in [-0.15, -0.1) is 0 Å². The molecule has 1 heterocycles. The lowest BCUT2D eigenvalue weighted by atomic mass is 9.87. The summed E-state index contributed by atoms with van der Waals surface area (Å²) in [5.41, 5.74) is 0.184. The Morgan fingerprint density at radius 1 is 1.44 bits per heavy atom. The Morgan fingerprint density at radius 3 is 2.75 bits per heavy atom. The average molecular weight is 221 g/mol. The lowest BCUT2D eigenvalue weighted by Gasteiger charge is -2.27. The number of pyridine rings is 1. The van der Waals surface area contributed by atoms with Crippen molar-refractivity contribution in [3.63, 3.8) is 0 Å². The number of nitrogens with zero attached hydrogens (tertiary/aromatic N) is 1. The van der Waals surface area contributed by atoms with Crippen LogP contribution in [0.1, 0.15) is 38.7 Å². The van der Waals surface area contributed by atoms with Crippen LogP contribution in [0.4, 0.5) is 0 Å². The molecule has 1 saturated carbocycles. The van der Waals surface area contributed by atoms with Gasteiger partial charge in [0.2, 0.25) is 0 Å². The first-order valence-electron chi connectivity index (χ1n) is 6.01. The summed E-state index contributed by atoms with van der Waals surface area (Å²) in [5, 5.41) is 10.6. The minimum absolute atomic E-state index is 0.399. The second-order valence-electron chi connectivity index (χ2n) is 4.39. The predicted octanol–water partition coefficient (Wildman–Crippen LogP) is 2.49. The maximum absolute atomic E-state index is 10.6. The molecule has 0 radical (unpaired) electrons. The monoisotopic (exact) mass is 221 g/mol. The lowest BCUT2D eigenvalue weighted by molar-refractivity contribution is 0.00834. The first kappa shape index (κ1) is 11.4. The van der Waals surface area contributed by atoms with E-state index in [1.807, 2.05) is 19.9 Å². The van der Waals surface area contributed by atoms with Gasteiger partial charge in [0.15, 0.2) is 0 Å². The number of ether oxygens (including phenoxy) is 1. The summed E-state index contributed by atoms with van der Waals surface area (Å²) in [5.74, 6) is 1.14. The van der Waals surface area contributed by atoms with Crippen molar-refractivity contribution in [2.75, 3.05) is 6.61 Å². The van der Waals surface area contributed by atoms with Crippen molar-refractivity contribution in [3.8, 4) is 5.75 Å². The van der Waals surface area contributed by atoms with E-state index in [1.165, 1.54) is 0 Å². The zero-order valence-electron chi connectivity index (χ0n) is 9.94. The van der Waals surface area contributed by atoms with E-state index in [9.17, 15) is 5.11 Å². The third-order valence-electron chi connectivity index (χ3n) is 3.32. The van der Waals surface area contributed by atoms with Crippen molar-refractivity contribution in [1.29, 1.82) is 0 Å². The quantitative estimate of drug-likeness (QED) is 0.830. The van der Waals surface area contributed by atoms with Gasteiger partial charge in [0.1, 0.15) is 5.75 Å². The summed E-state index contributed by atoms with van der Waals surface area (Å²) in [4.78, 5) is 4.14. The van der Waals surface area contributed by atoms with Gasteiger partial charge in [-0.1, -0.05) is 6.92 Å². The fourth-order valence-electron chi connectivity index (χ4n) is 2.19. The number of rotatable bonds is 5. The van der Waals surface area contributed by atoms with Gasteiger partial charge in [-0.05, 0) is 38.2 Å². The molecule has 0 aliphatic heterocycles. The summed E-state index contributed by atoms with van der Waals surface area (Å²) in [6.45, 7) is 4.59. The molecule has 0 bridgehead atoms. The normalized spacial score (nSPS) is 19.2. The first-order valence-corrected chi connectivity index (χ1v) is 6.01. The minimum Gasteiger partial charge on any atom is -0.492 e. The highest BCUT2D eigenvalue weighted by Crippen LogP contribution is 2.47. The van der Waals surface area contributed by atoms with E-state index in [0.29, 0.717) is 12.5 Å². The second kappa shape index (κ2) is 4.42. The Bertz CT molecular complexity index is 363. The Morgan fingerprint density at radius 2 is 2.19 bits per heavy atom. The van der Waals surface area contributed by atoms with E-state index in [2.05, 4.69) is 4.98 Å². The maximum atomic E-state index is 10.6. The van der Waals surface area contributed by atoms with Crippen LogP contribution in [-0.4, -0.2) is 16.7 Å². The standard InChI is InChI=1S/C13H19NO2/c1-3-13(15,10-5-6-10)11-7-12(16-4-2)9-14-8-11/h7-10,15H,3-6H2,1-2H3. The molecule has 1 aromatic heterocycles. The van der Waals surface area contributed by atoms with Crippen LogP contribution in [0, 0.1) is 5.92 Å². The molecule has 0 amide bonds. The molecule has 3 heteroatoms. The third kappa shape index (κ3) is 2.05. The summed E-state index contributed by atoms with van der Waals surface area (Å²) < 4.78 is 5.41. The van der Waals surface area contributed by atoms with Gasteiger partial charge in [-0.2, -0.15) is 0 Å². The Labute approximate surface area is 96.5 Å². The molecule has 1 atom stereocenters. The molecule has 1 fully saturated rings. The molecule has 1 aromatic rings. The lowest BCUT2D eigenvalue weighted by Crippen LogP contribution is -2.27. The Kier molecular flexibility index (Phi) is 3.15. The third-order valence-corrected chi connectivity index (χ3v) is 3.32. The largest absolute Gasteiger partial charge is 0.492 e. The molecule has 88 valence electrons. The molecule has 0 saturated heterocycles. The molecule has 3 nitrogen and oxygen atoms in total. The van der Waals surface area contributed by atoms with E-state index in [-0.39, 0.29) is 0 Å². The molecule has 16 heavy (non-hydrogen) atoms. The van der Waals surface area contributed by atoms with Crippen LogP contribution in [0.25, 0.3) is 0 Å². The molecule has 1 unspecified atom stereocenters. The maximum Gasteiger partial charge on any atom is 0.137 e. The van der Waals surface area contributed by atoms with Gasteiger partial charge in [-0.25, -0.2) is 0 Å². The van der Waals surface area contributed by atoms with Crippen molar-refractivity contribution in [2.24, 2.45) is 5.92 Å². The van der Waals surface area contributed by atoms with Crippen molar-refractivity contribution in [3.05, 3.63) is 24.0 Å². The van der Waals surface area contributed by atoms with Crippen LogP contribution in [0.3, 0.4) is 0 Å². The molecule has 0 aromatic carbocycles. The number of aliphatic hydroxyl groups is 1. The van der Waals surface area contributed by atoms with Gasteiger partial charge in [-0.3, -0.25) is 4.98 Å². The van der Waals surface area contributed by atoms with Crippen LogP contribution >= 0.6 is 0 Å². The topological polar surface area (TPSA) is 42.4 Å². The fourth-order valence-corrected chi connectivity index (χ4v) is 2.19. The first-order chi connectivity index (χ1) is 7.70. The van der Waals surface area contributed by atoms with E-state index < -0.39 is 5.60 Å². The molecular weight excluding hydrogens is 202 g/mol. The van der Waals surface area contributed by atoms with Crippen LogP contribution in [0.2, 0.25) is 0 Å². The smallest absolute Gasteiger partial charge is 0.137 e. The van der Waals surface area contributed by atoms with E-state index in [4.69, 9.17) is 4.74 Å². The van der Waals surface area contributed by atoms with Crippen LogP contribution in [-0.2, 0) is 5.60 Å². The summed E-state index contributed by atoms with van der Waals surface area (Å²) in [7, 11) is 0. The number of hydrogen-bond donors (Lipinski definition) is 1. The molecule has 1 aliphatic carbocycles. The number of hydrogen-bond acceptors (Lipinski definition) is 3. The van der Waals surface area contributed by atoms with Crippen LogP contribution in [0.15, 0.2) is 18.5 Å². The molecule has 0 spiro atoms. The Balaban J connectivity index is 2.27. The second-order valence-corrected chi connectivity index (χ2v) is 4.39. The molecule has 1 aliphatic rings. The van der Waals surface area contributed by atoms with Gasteiger partial charge >= 0.3 is 0 Å². The van der Waals surface area contributed by atoms with Crippen molar-refractivity contribution >= 4 is 0 Å². The number of aromatic nitrogens is 1. The summed E-state index contributed by atoms with van der Waals surface area (Å²) >= 11 is 0. The minimum atomic E-state index is -0.708. The van der Waals surface area contributed by atoms with Gasteiger partial charge in [0, 0.05) is 11.8 Å². The zero-order valence-corrected chi connectivity index (χ0v) is 9.94. The highest BCUT2D eigenvalue weighted by atomic mass is 16.5. The van der Waals surface area contributed by atoms with Crippen molar-refractivity contribution in [2.45, 2.75) is 38.7 Å². The zero-order chi connectivity index (χ0) is 11.6. The Hall–Kier alpha value is -1.09. The van der Waals surface area contributed by atoms with E-state index in [0.717, 1.165) is 30.6 Å². The summed E-state index contributed by atoms with van der Waals surface area (Å²) in [6.07, 6.45) is 6.40. The summed E-state index contributed by atoms with van der Waals surface area (Å²) in [6, 6.07) is 1.92. The van der Waals surface area contributed by atoms with Crippen LogP contribution < -0.4 is 4.74 Å². The fraction of sp³-hybridized carbons (Fsp3) is 0.615. The van der Waals surface area contributed by atoms with E-state index in [1.54, 1.807) is 12.4 Å². The van der Waals surface area contributed by atoms with Gasteiger partial charge in [0.05, 0.1) is 18.4 Å². The molecular formula is C13H19NO2. The van der Waals surface area contributed by atoms with Crippen LogP contribution in [0.5, 0.6) is 5.75 Å². The van der Waals surface area contributed by atoms with Crippen molar-refractivity contribution < 1.29 is 9.84 Å².